The van der Waals surface area contributed by atoms with E-state index >= 15 is 0 Å². The lowest BCUT2D eigenvalue weighted by Gasteiger charge is -2.33. The van der Waals surface area contributed by atoms with Gasteiger partial charge >= 0.3 is 0 Å². The van der Waals surface area contributed by atoms with E-state index in [0.29, 0.717) is 11.8 Å². The summed E-state index contributed by atoms with van der Waals surface area (Å²) in [6, 6.07) is 0. The molecule has 3 atom stereocenters. The topological polar surface area (TPSA) is 40.9 Å². The van der Waals surface area contributed by atoms with E-state index in [4.69, 9.17) is 4.78 Å². The van der Waals surface area contributed by atoms with Crippen molar-refractivity contribution in [3.63, 3.8) is 0 Å². The minimum absolute atomic E-state index is 0.00779. The Balaban J connectivity index is 2.72. The quantitative estimate of drug-likeness (QED) is 0.791. The molecule has 1 rings (SSSR count). The van der Waals surface area contributed by atoms with Crippen molar-refractivity contribution in [1.29, 1.82) is 4.78 Å². The lowest BCUT2D eigenvalue weighted by atomic mass is 9.81. The predicted octanol–water partition coefficient (Wildman–Crippen LogP) is 3.66. The van der Waals surface area contributed by atoms with E-state index in [1.165, 1.54) is 6.42 Å². The Morgan fingerprint density at radius 3 is 2.27 bits per heavy atom. The van der Waals surface area contributed by atoms with E-state index in [1.54, 1.807) is 0 Å². The van der Waals surface area contributed by atoms with Crippen LogP contribution in [0.15, 0.2) is 0 Å². The molecule has 0 aliphatic heterocycles. The summed E-state index contributed by atoms with van der Waals surface area (Å²) in [4.78, 5) is 0. The van der Waals surface area contributed by atoms with E-state index in [2.05, 4.69) is 13.8 Å². The van der Waals surface area contributed by atoms with Crippen LogP contribution in [-0.2, 0) is 9.73 Å². The van der Waals surface area contributed by atoms with Gasteiger partial charge in [-0.05, 0) is 24.7 Å². The first kappa shape index (κ1) is 13.0. The van der Waals surface area contributed by atoms with Crippen molar-refractivity contribution in [2.24, 2.45) is 11.8 Å². The summed E-state index contributed by atoms with van der Waals surface area (Å²) >= 11 is 0. The van der Waals surface area contributed by atoms with Crippen LogP contribution in [0.2, 0.25) is 0 Å². The predicted molar refractivity (Wildman–Crippen MR) is 66.6 cm³/mol. The molecule has 0 spiro atoms. The molecule has 1 saturated carbocycles. The van der Waals surface area contributed by atoms with Gasteiger partial charge in [-0.3, -0.25) is 4.78 Å². The molecule has 15 heavy (non-hydrogen) atoms. The van der Waals surface area contributed by atoms with Crippen LogP contribution in [0.25, 0.3) is 0 Å². The Kier molecular flexibility index (Phi) is 4.21. The molecule has 1 aliphatic rings. The van der Waals surface area contributed by atoms with Gasteiger partial charge in [0.15, 0.2) is 0 Å². The maximum Gasteiger partial charge on any atom is 0.0494 e. The van der Waals surface area contributed by atoms with Crippen molar-refractivity contribution in [3.05, 3.63) is 0 Å². The second-order valence-corrected chi connectivity index (χ2v) is 8.39. The fourth-order valence-corrected chi connectivity index (χ4v) is 4.31. The van der Waals surface area contributed by atoms with Gasteiger partial charge in [-0.15, -0.1) is 0 Å². The summed E-state index contributed by atoms with van der Waals surface area (Å²) in [6.07, 6.45) is 4.44. The lowest BCUT2D eigenvalue weighted by Crippen LogP contribution is -2.33. The number of hydrogen-bond donors (Lipinski definition) is 1. The van der Waals surface area contributed by atoms with Crippen molar-refractivity contribution >= 4 is 9.73 Å². The third kappa shape index (κ3) is 2.96. The van der Waals surface area contributed by atoms with Gasteiger partial charge in [0.1, 0.15) is 0 Å². The Morgan fingerprint density at radius 1 is 1.20 bits per heavy atom. The molecule has 3 heteroatoms. The van der Waals surface area contributed by atoms with Crippen molar-refractivity contribution in [3.8, 4) is 0 Å². The minimum Gasteiger partial charge on any atom is -0.252 e. The van der Waals surface area contributed by atoms with Crippen LogP contribution in [-0.4, -0.2) is 14.7 Å². The summed E-state index contributed by atoms with van der Waals surface area (Å²) in [6.45, 7) is 8.34. The van der Waals surface area contributed by atoms with Crippen LogP contribution in [0.4, 0.5) is 0 Å². The Hall–Kier alpha value is -0.0500. The van der Waals surface area contributed by atoms with Crippen LogP contribution in [0.1, 0.15) is 53.4 Å². The van der Waals surface area contributed by atoms with Gasteiger partial charge in [0.2, 0.25) is 0 Å². The molecule has 0 aromatic carbocycles. The molecule has 0 aromatic heterocycles. The van der Waals surface area contributed by atoms with Crippen LogP contribution in [0.3, 0.4) is 0 Å². The molecule has 0 aromatic rings. The molecular weight excluding hydrogens is 206 g/mol. The van der Waals surface area contributed by atoms with E-state index in [9.17, 15) is 4.21 Å². The summed E-state index contributed by atoms with van der Waals surface area (Å²) in [5.41, 5.74) is 0. The molecule has 1 aliphatic carbocycles. The molecule has 2 nitrogen and oxygen atoms in total. The van der Waals surface area contributed by atoms with Crippen LogP contribution >= 0.6 is 0 Å². The summed E-state index contributed by atoms with van der Waals surface area (Å²) in [7, 11) is -2.37. The number of rotatable bonds is 3. The SMILES string of the molecule is CC(C)C1CCCC(S(=N)(=O)C(C)C)C1. The lowest BCUT2D eigenvalue weighted by molar-refractivity contribution is 0.281. The molecular formula is C12H25NOS. The van der Waals surface area contributed by atoms with E-state index in [0.717, 1.165) is 19.3 Å². The Morgan fingerprint density at radius 2 is 1.80 bits per heavy atom. The Bertz CT molecular complexity index is 293. The van der Waals surface area contributed by atoms with Crippen LogP contribution in [0.5, 0.6) is 0 Å². The zero-order chi connectivity index (χ0) is 11.6. The van der Waals surface area contributed by atoms with Gasteiger partial charge in [0.05, 0.1) is 0 Å². The van der Waals surface area contributed by atoms with Gasteiger partial charge < -0.3 is 0 Å². The average molecular weight is 231 g/mol. The van der Waals surface area contributed by atoms with Gasteiger partial charge in [-0.2, -0.15) is 0 Å². The van der Waals surface area contributed by atoms with Crippen molar-refractivity contribution in [2.45, 2.75) is 63.9 Å². The monoisotopic (exact) mass is 231 g/mol. The standard InChI is InChI=1S/C12H25NOS/c1-9(2)11-6-5-7-12(8-11)15(13,14)10(3)4/h9-13H,5-8H2,1-4H3. The molecule has 0 saturated heterocycles. The molecule has 1 N–H and O–H groups in total. The molecule has 1 fully saturated rings. The summed E-state index contributed by atoms with van der Waals surface area (Å²) in [5.74, 6) is 1.36. The van der Waals surface area contributed by atoms with E-state index in [-0.39, 0.29) is 10.5 Å². The molecule has 0 radical (unpaired) electrons. The highest BCUT2D eigenvalue weighted by atomic mass is 32.2. The highest BCUT2D eigenvalue weighted by Crippen LogP contribution is 2.34. The zero-order valence-electron chi connectivity index (χ0n) is 10.5. The highest BCUT2D eigenvalue weighted by Gasteiger charge is 2.31. The first-order valence-electron chi connectivity index (χ1n) is 6.12. The van der Waals surface area contributed by atoms with Crippen molar-refractivity contribution in [2.75, 3.05) is 0 Å². The summed E-state index contributed by atoms with van der Waals surface area (Å²) in [5, 5.41) is 0.159. The van der Waals surface area contributed by atoms with Crippen molar-refractivity contribution < 1.29 is 4.21 Å². The zero-order valence-corrected chi connectivity index (χ0v) is 11.3. The molecule has 0 heterocycles. The third-order valence-electron chi connectivity index (χ3n) is 3.80. The second kappa shape index (κ2) is 4.86. The normalized spacial score (nSPS) is 31.9. The van der Waals surface area contributed by atoms with Crippen LogP contribution < -0.4 is 0 Å². The van der Waals surface area contributed by atoms with Crippen molar-refractivity contribution in [1.82, 2.24) is 0 Å². The smallest absolute Gasteiger partial charge is 0.0494 e. The van der Waals surface area contributed by atoms with Gasteiger partial charge in [0, 0.05) is 20.2 Å². The van der Waals surface area contributed by atoms with Gasteiger partial charge in [-0.25, -0.2) is 4.21 Å². The van der Waals surface area contributed by atoms with Gasteiger partial charge in [0.25, 0.3) is 0 Å². The molecule has 0 amide bonds. The Labute approximate surface area is 94.8 Å². The third-order valence-corrected chi connectivity index (χ3v) is 6.62. The fraction of sp³-hybridized carbons (Fsp3) is 1.00. The first-order chi connectivity index (χ1) is 6.85. The highest BCUT2D eigenvalue weighted by molar-refractivity contribution is 7.93. The van der Waals surface area contributed by atoms with Crippen LogP contribution in [0, 0.1) is 16.6 Å². The molecule has 3 unspecified atom stereocenters. The van der Waals surface area contributed by atoms with E-state index < -0.39 is 9.73 Å². The largest absolute Gasteiger partial charge is 0.252 e. The number of nitrogens with one attached hydrogen (secondary N) is 1. The molecule has 0 bridgehead atoms. The average Bonchev–Trinajstić information content (AvgIpc) is 2.17. The number of hydrogen-bond acceptors (Lipinski definition) is 2. The second-order valence-electron chi connectivity index (χ2n) is 5.49. The maximum absolute atomic E-state index is 12.3. The first-order valence-corrected chi connectivity index (χ1v) is 7.80. The molecule has 90 valence electrons. The summed E-state index contributed by atoms with van der Waals surface area (Å²) < 4.78 is 20.3. The van der Waals surface area contributed by atoms with E-state index in [1.807, 2.05) is 13.8 Å². The fourth-order valence-electron chi connectivity index (χ4n) is 2.49. The maximum atomic E-state index is 12.3. The minimum atomic E-state index is -2.37. The van der Waals surface area contributed by atoms with Gasteiger partial charge in [-0.1, -0.05) is 40.5 Å².